The van der Waals surface area contributed by atoms with Crippen LogP contribution in [0, 0.1) is 0 Å². The van der Waals surface area contributed by atoms with Gasteiger partial charge < -0.3 is 14.3 Å². The van der Waals surface area contributed by atoms with Gasteiger partial charge in [-0.1, -0.05) is 51.1 Å². The van der Waals surface area contributed by atoms with Crippen molar-refractivity contribution in [2.45, 2.75) is 70.9 Å². The zero-order chi connectivity index (χ0) is 17.3. The fraction of sp³-hybridized carbons (Fsp3) is 0.684. The van der Waals surface area contributed by atoms with Crippen LogP contribution in [-0.2, 0) is 15.8 Å². The van der Waals surface area contributed by atoms with Crippen LogP contribution in [0.4, 0.5) is 0 Å². The first-order chi connectivity index (χ1) is 10.7. The standard InChI is InChI=1S/C19H34O3Si/c1-19(2,3)23(4,5)22-15-13-18(20)12-9-14-21-16-17-10-7-6-8-11-17/h6-8,10-11,18,20H,9,12-16H2,1-5H3/t18-/m0/s1. The van der Waals surface area contributed by atoms with Crippen molar-refractivity contribution < 1.29 is 14.3 Å². The smallest absolute Gasteiger partial charge is 0.191 e. The Balaban J connectivity index is 2.07. The first-order valence-corrected chi connectivity index (χ1v) is 11.6. The van der Waals surface area contributed by atoms with Crippen LogP contribution in [0.25, 0.3) is 0 Å². The number of benzene rings is 1. The van der Waals surface area contributed by atoms with Gasteiger partial charge in [0, 0.05) is 13.2 Å². The molecule has 23 heavy (non-hydrogen) atoms. The summed E-state index contributed by atoms with van der Waals surface area (Å²) in [5, 5.41) is 10.3. The summed E-state index contributed by atoms with van der Waals surface area (Å²) in [5.41, 5.74) is 1.19. The van der Waals surface area contributed by atoms with Crippen molar-refractivity contribution >= 4 is 8.32 Å². The topological polar surface area (TPSA) is 38.7 Å². The fourth-order valence-corrected chi connectivity index (χ4v) is 3.06. The monoisotopic (exact) mass is 338 g/mol. The predicted octanol–water partition coefficient (Wildman–Crippen LogP) is 4.76. The molecule has 0 saturated heterocycles. The maximum atomic E-state index is 10.0. The highest BCUT2D eigenvalue weighted by Crippen LogP contribution is 2.36. The molecular formula is C19H34O3Si. The third kappa shape index (κ3) is 8.11. The van der Waals surface area contributed by atoms with Crippen LogP contribution in [-0.4, -0.2) is 32.7 Å². The van der Waals surface area contributed by atoms with Crippen LogP contribution in [0.3, 0.4) is 0 Å². The maximum Gasteiger partial charge on any atom is 0.191 e. The van der Waals surface area contributed by atoms with Crippen LogP contribution in [0.2, 0.25) is 18.1 Å². The van der Waals surface area contributed by atoms with E-state index in [1.807, 2.05) is 18.2 Å². The summed E-state index contributed by atoms with van der Waals surface area (Å²) in [4.78, 5) is 0. The van der Waals surface area contributed by atoms with Gasteiger partial charge in [-0.05, 0) is 43.0 Å². The molecule has 1 rings (SSSR count). The minimum atomic E-state index is -1.69. The highest BCUT2D eigenvalue weighted by atomic mass is 28.4. The lowest BCUT2D eigenvalue weighted by Gasteiger charge is -2.36. The van der Waals surface area contributed by atoms with Crippen molar-refractivity contribution in [3.63, 3.8) is 0 Å². The summed E-state index contributed by atoms with van der Waals surface area (Å²) in [6.07, 6.45) is 2.08. The molecule has 0 aliphatic rings. The first kappa shape index (κ1) is 20.4. The second-order valence-electron chi connectivity index (χ2n) is 7.73. The van der Waals surface area contributed by atoms with Gasteiger partial charge in [-0.2, -0.15) is 0 Å². The summed E-state index contributed by atoms with van der Waals surface area (Å²) in [7, 11) is -1.69. The molecule has 0 radical (unpaired) electrons. The van der Waals surface area contributed by atoms with Crippen molar-refractivity contribution in [3.05, 3.63) is 35.9 Å². The number of aliphatic hydroxyl groups is 1. The molecule has 4 heteroatoms. The van der Waals surface area contributed by atoms with Crippen LogP contribution in [0.15, 0.2) is 30.3 Å². The Morgan fingerprint density at radius 2 is 1.70 bits per heavy atom. The molecule has 1 aromatic carbocycles. The van der Waals surface area contributed by atoms with E-state index in [2.05, 4.69) is 46.0 Å². The molecule has 132 valence electrons. The molecule has 3 nitrogen and oxygen atoms in total. The zero-order valence-corrected chi connectivity index (χ0v) is 16.5. The van der Waals surface area contributed by atoms with Gasteiger partial charge in [0.05, 0.1) is 12.7 Å². The van der Waals surface area contributed by atoms with E-state index >= 15 is 0 Å². The van der Waals surface area contributed by atoms with Crippen molar-refractivity contribution in [2.75, 3.05) is 13.2 Å². The lowest BCUT2D eigenvalue weighted by molar-refractivity contribution is 0.0873. The summed E-state index contributed by atoms with van der Waals surface area (Å²) < 4.78 is 11.7. The number of hydrogen-bond donors (Lipinski definition) is 1. The van der Waals surface area contributed by atoms with E-state index in [1.54, 1.807) is 0 Å². The Bertz CT molecular complexity index is 426. The van der Waals surface area contributed by atoms with Gasteiger partial charge in [-0.15, -0.1) is 0 Å². The summed E-state index contributed by atoms with van der Waals surface area (Å²) in [6.45, 7) is 13.2. The second-order valence-corrected chi connectivity index (χ2v) is 12.5. The van der Waals surface area contributed by atoms with E-state index in [4.69, 9.17) is 9.16 Å². The van der Waals surface area contributed by atoms with Gasteiger partial charge >= 0.3 is 0 Å². The molecule has 0 bridgehead atoms. The molecule has 1 N–H and O–H groups in total. The van der Waals surface area contributed by atoms with Crippen molar-refractivity contribution in [1.82, 2.24) is 0 Å². The van der Waals surface area contributed by atoms with E-state index in [-0.39, 0.29) is 11.1 Å². The molecular weight excluding hydrogens is 304 g/mol. The SMILES string of the molecule is CC(C)(C)[Si](C)(C)OCC[C@@H](O)CCCOCc1ccccc1. The number of hydrogen-bond acceptors (Lipinski definition) is 3. The molecule has 0 aliphatic heterocycles. The van der Waals surface area contributed by atoms with Crippen LogP contribution >= 0.6 is 0 Å². The van der Waals surface area contributed by atoms with Crippen molar-refractivity contribution in [2.24, 2.45) is 0 Å². The van der Waals surface area contributed by atoms with Gasteiger partial charge in [0.25, 0.3) is 0 Å². The van der Waals surface area contributed by atoms with Crippen LogP contribution in [0.5, 0.6) is 0 Å². The highest BCUT2D eigenvalue weighted by Gasteiger charge is 2.36. The average Bonchev–Trinajstić information content (AvgIpc) is 2.46. The molecule has 0 aromatic heterocycles. The van der Waals surface area contributed by atoms with E-state index in [0.29, 0.717) is 26.2 Å². The Hall–Kier alpha value is -0.683. The van der Waals surface area contributed by atoms with E-state index < -0.39 is 8.32 Å². The Kier molecular flexibility index (Phi) is 8.48. The molecule has 0 amide bonds. The normalized spacial score (nSPS) is 14.0. The number of aliphatic hydroxyl groups excluding tert-OH is 1. The fourth-order valence-electron chi connectivity index (χ4n) is 2.00. The molecule has 0 heterocycles. The van der Waals surface area contributed by atoms with Gasteiger partial charge in [0.1, 0.15) is 0 Å². The van der Waals surface area contributed by atoms with E-state index in [9.17, 15) is 5.11 Å². The average molecular weight is 339 g/mol. The maximum absolute atomic E-state index is 10.0. The Labute approximate surface area is 143 Å². The van der Waals surface area contributed by atoms with Crippen LogP contribution in [0.1, 0.15) is 45.6 Å². The van der Waals surface area contributed by atoms with E-state index in [0.717, 1.165) is 12.8 Å². The molecule has 1 aromatic rings. The van der Waals surface area contributed by atoms with Crippen LogP contribution < -0.4 is 0 Å². The molecule has 0 spiro atoms. The Morgan fingerprint density at radius 3 is 2.30 bits per heavy atom. The molecule has 0 fully saturated rings. The number of ether oxygens (including phenoxy) is 1. The zero-order valence-electron chi connectivity index (χ0n) is 15.5. The van der Waals surface area contributed by atoms with Gasteiger partial charge in [-0.25, -0.2) is 0 Å². The van der Waals surface area contributed by atoms with Gasteiger partial charge in [0.2, 0.25) is 0 Å². The third-order valence-corrected chi connectivity index (χ3v) is 9.20. The molecule has 0 unspecified atom stereocenters. The molecule has 1 atom stereocenters. The summed E-state index contributed by atoms with van der Waals surface area (Å²) in [5.74, 6) is 0. The Morgan fingerprint density at radius 1 is 1.04 bits per heavy atom. The minimum Gasteiger partial charge on any atom is -0.417 e. The lowest BCUT2D eigenvalue weighted by Crippen LogP contribution is -2.41. The van der Waals surface area contributed by atoms with Crippen molar-refractivity contribution in [1.29, 1.82) is 0 Å². The van der Waals surface area contributed by atoms with Gasteiger partial charge in [-0.3, -0.25) is 0 Å². The largest absolute Gasteiger partial charge is 0.417 e. The third-order valence-electron chi connectivity index (χ3n) is 4.66. The minimum absolute atomic E-state index is 0.225. The quantitative estimate of drug-likeness (QED) is 0.494. The van der Waals surface area contributed by atoms with Gasteiger partial charge in [0.15, 0.2) is 8.32 Å². The molecule has 0 saturated carbocycles. The second kappa shape index (κ2) is 9.57. The highest BCUT2D eigenvalue weighted by molar-refractivity contribution is 6.74. The molecule has 0 aliphatic carbocycles. The predicted molar refractivity (Wildman–Crippen MR) is 99.1 cm³/mol. The summed E-state index contributed by atoms with van der Waals surface area (Å²) in [6, 6.07) is 10.2. The summed E-state index contributed by atoms with van der Waals surface area (Å²) >= 11 is 0. The first-order valence-electron chi connectivity index (χ1n) is 8.66. The lowest BCUT2D eigenvalue weighted by atomic mass is 10.1. The number of rotatable bonds is 10. The van der Waals surface area contributed by atoms with E-state index in [1.165, 1.54) is 5.56 Å². The van der Waals surface area contributed by atoms with Crippen molar-refractivity contribution in [3.8, 4) is 0 Å².